The van der Waals surface area contributed by atoms with E-state index in [0.717, 1.165) is 26.7 Å². The molecular weight excluding hydrogens is 406 g/mol. The predicted octanol–water partition coefficient (Wildman–Crippen LogP) is 4.88. The molecule has 0 radical (unpaired) electrons. The Morgan fingerprint density at radius 1 is 0.750 bits per heavy atom. The smallest absolute Gasteiger partial charge is 0.429 e. The molecule has 0 unspecified atom stereocenters. The molecule has 0 heterocycles. The molecule has 0 bridgehead atoms. The van der Waals surface area contributed by atoms with Gasteiger partial charge in [0, 0.05) is 7.05 Å². The summed E-state index contributed by atoms with van der Waals surface area (Å²) < 4.78 is 10.8. The van der Waals surface area contributed by atoms with Crippen molar-refractivity contribution in [3.63, 3.8) is 0 Å². The minimum Gasteiger partial charge on any atom is -0.443 e. The zero-order valence-electron chi connectivity index (χ0n) is 17.7. The number of carbonyl (C=O) groups excluding carboxylic acids is 2. The molecule has 2 amide bonds. The Hall–Kier alpha value is -4.31. The quantitative estimate of drug-likeness (QED) is 0.522. The predicted molar refractivity (Wildman–Crippen MR) is 118 cm³/mol. The first-order valence-corrected chi connectivity index (χ1v) is 9.98. The molecule has 0 spiro atoms. The Bertz CT molecular complexity index is 1060. The molecule has 0 saturated carbocycles. The van der Waals surface area contributed by atoms with Crippen LogP contribution in [-0.4, -0.2) is 29.3 Å². The number of hydrogen-bond donors (Lipinski definition) is 0. The number of hydrazine groups is 1. The summed E-state index contributed by atoms with van der Waals surface area (Å²) in [5.41, 5.74) is 2.89. The van der Waals surface area contributed by atoms with Crippen molar-refractivity contribution < 1.29 is 19.1 Å². The van der Waals surface area contributed by atoms with E-state index in [-0.39, 0.29) is 19.8 Å². The van der Waals surface area contributed by atoms with Gasteiger partial charge in [0.2, 0.25) is 0 Å². The zero-order valence-corrected chi connectivity index (χ0v) is 17.7. The molecular formula is C25H23N3O4. The number of benzene rings is 3. The summed E-state index contributed by atoms with van der Waals surface area (Å²) in [7, 11) is 1.45. The number of rotatable bonds is 6. The number of nitrogens with zero attached hydrogens (tertiary/aromatic N) is 3. The number of ether oxygens (including phenoxy) is 2. The molecule has 0 aromatic heterocycles. The topological polar surface area (TPSA) is 82.9 Å². The van der Waals surface area contributed by atoms with Crippen molar-refractivity contribution in [2.24, 2.45) is 0 Å². The van der Waals surface area contributed by atoms with Crippen LogP contribution in [0.15, 0.2) is 84.9 Å². The van der Waals surface area contributed by atoms with E-state index in [1.807, 2.05) is 60.7 Å². The maximum Gasteiger partial charge on any atom is 0.429 e. The number of carbonyl (C=O) groups is 2. The third kappa shape index (κ3) is 6.34. The second-order valence-corrected chi connectivity index (χ2v) is 6.97. The molecule has 0 saturated heterocycles. The van der Waals surface area contributed by atoms with E-state index in [4.69, 9.17) is 14.7 Å². The van der Waals surface area contributed by atoms with E-state index in [1.54, 1.807) is 24.3 Å². The Balaban J connectivity index is 1.70. The summed E-state index contributed by atoms with van der Waals surface area (Å²) in [6, 6.07) is 27.3. The average molecular weight is 429 g/mol. The van der Waals surface area contributed by atoms with E-state index in [9.17, 15) is 9.59 Å². The third-order valence-corrected chi connectivity index (χ3v) is 4.66. The molecule has 0 N–H and O–H groups in total. The van der Waals surface area contributed by atoms with E-state index in [1.165, 1.54) is 7.05 Å². The fourth-order valence-electron chi connectivity index (χ4n) is 2.86. The Morgan fingerprint density at radius 3 is 1.75 bits per heavy atom. The maximum atomic E-state index is 12.9. The van der Waals surface area contributed by atoms with Crippen molar-refractivity contribution in [1.29, 1.82) is 5.26 Å². The lowest BCUT2D eigenvalue weighted by atomic mass is 10.1. The van der Waals surface area contributed by atoms with Gasteiger partial charge < -0.3 is 9.47 Å². The lowest BCUT2D eigenvalue weighted by Crippen LogP contribution is -2.47. The first-order chi connectivity index (χ1) is 15.6. The molecule has 32 heavy (non-hydrogen) atoms. The van der Waals surface area contributed by atoms with Crippen LogP contribution in [-0.2, 0) is 29.2 Å². The van der Waals surface area contributed by atoms with Crippen LogP contribution < -0.4 is 0 Å². The fraction of sp³-hybridized carbons (Fsp3) is 0.160. The summed E-state index contributed by atoms with van der Waals surface area (Å²) >= 11 is 0. The Morgan fingerprint density at radius 2 is 1.25 bits per heavy atom. The van der Waals surface area contributed by atoms with E-state index < -0.39 is 12.2 Å². The second-order valence-electron chi connectivity index (χ2n) is 6.97. The maximum absolute atomic E-state index is 12.9. The van der Waals surface area contributed by atoms with Crippen LogP contribution in [0.25, 0.3) is 0 Å². The van der Waals surface area contributed by atoms with Gasteiger partial charge in [-0.1, -0.05) is 72.8 Å². The van der Waals surface area contributed by atoms with Gasteiger partial charge in [-0.25, -0.2) is 19.6 Å². The van der Waals surface area contributed by atoms with Gasteiger partial charge in [-0.3, -0.25) is 0 Å². The molecule has 7 heteroatoms. The minimum absolute atomic E-state index is 0.0657. The van der Waals surface area contributed by atoms with Gasteiger partial charge in [0.25, 0.3) is 0 Å². The summed E-state index contributed by atoms with van der Waals surface area (Å²) in [4.78, 5) is 25.5. The number of hydrogen-bond acceptors (Lipinski definition) is 5. The van der Waals surface area contributed by atoms with Crippen molar-refractivity contribution in [2.45, 2.75) is 19.8 Å². The van der Waals surface area contributed by atoms with Gasteiger partial charge in [0.15, 0.2) is 0 Å². The third-order valence-electron chi connectivity index (χ3n) is 4.66. The van der Waals surface area contributed by atoms with Gasteiger partial charge in [-0.2, -0.15) is 5.26 Å². The zero-order chi connectivity index (χ0) is 22.8. The van der Waals surface area contributed by atoms with Crippen LogP contribution in [0.2, 0.25) is 0 Å². The van der Waals surface area contributed by atoms with Crippen molar-refractivity contribution in [1.82, 2.24) is 10.0 Å². The van der Waals surface area contributed by atoms with Crippen molar-refractivity contribution in [3.05, 3.63) is 107 Å². The number of nitriles is 1. The highest BCUT2D eigenvalue weighted by atomic mass is 16.6. The summed E-state index contributed by atoms with van der Waals surface area (Å²) in [5, 5.41) is 11.2. The Labute approximate surface area is 187 Å². The molecule has 3 rings (SSSR count). The first-order valence-electron chi connectivity index (χ1n) is 9.98. The molecule has 0 aliphatic rings. The largest absolute Gasteiger partial charge is 0.443 e. The molecule has 3 aromatic rings. The van der Waals surface area contributed by atoms with E-state index >= 15 is 0 Å². The molecule has 162 valence electrons. The van der Waals surface area contributed by atoms with E-state index in [0.29, 0.717) is 5.56 Å². The van der Waals surface area contributed by atoms with Crippen LogP contribution >= 0.6 is 0 Å². The van der Waals surface area contributed by atoms with Crippen LogP contribution in [0, 0.1) is 11.3 Å². The van der Waals surface area contributed by atoms with Crippen molar-refractivity contribution in [2.75, 3.05) is 7.05 Å². The summed E-state index contributed by atoms with van der Waals surface area (Å²) in [6.07, 6.45) is -1.39. The SMILES string of the molecule is CN(C(=O)OCc1ccccc1)N(Cc1ccc(C#N)cc1)C(=O)OCc1ccccc1. The van der Waals surface area contributed by atoms with Crippen LogP contribution in [0.5, 0.6) is 0 Å². The van der Waals surface area contributed by atoms with Gasteiger partial charge in [-0.05, 0) is 28.8 Å². The van der Waals surface area contributed by atoms with Gasteiger partial charge in [-0.15, -0.1) is 0 Å². The van der Waals surface area contributed by atoms with Gasteiger partial charge in [0.1, 0.15) is 13.2 Å². The van der Waals surface area contributed by atoms with Crippen LogP contribution in [0.3, 0.4) is 0 Å². The monoisotopic (exact) mass is 429 g/mol. The minimum atomic E-state index is -0.697. The summed E-state index contributed by atoms with van der Waals surface area (Å²) in [5.74, 6) is 0. The standard InChI is InChI=1S/C25H23N3O4/c1-27(24(29)31-18-22-8-4-2-5-9-22)28(17-21-14-12-20(16-26)13-15-21)25(30)32-19-23-10-6-3-7-11-23/h2-15H,17-19H2,1H3. The molecule has 3 aromatic carbocycles. The van der Waals surface area contributed by atoms with Gasteiger partial charge >= 0.3 is 12.2 Å². The highest BCUT2D eigenvalue weighted by Gasteiger charge is 2.26. The second kappa shape index (κ2) is 11.2. The van der Waals surface area contributed by atoms with Crippen LogP contribution in [0.1, 0.15) is 22.3 Å². The first kappa shape index (κ1) is 22.4. The lowest BCUT2D eigenvalue weighted by molar-refractivity contribution is -0.0167. The van der Waals surface area contributed by atoms with Crippen molar-refractivity contribution >= 4 is 12.2 Å². The lowest BCUT2D eigenvalue weighted by Gasteiger charge is -2.30. The number of amides is 2. The molecule has 0 atom stereocenters. The highest BCUT2D eigenvalue weighted by Crippen LogP contribution is 2.13. The highest BCUT2D eigenvalue weighted by molar-refractivity contribution is 5.74. The molecule has 0 fully saturated rings. The average Bonchev–Trinajstić information content (AvgIpc) is 2.85. The van der Waals surface area contributed by atoms with Crippen LogP contribution in [0.4, 0.5) is 9.59 Å². The molecule has 0 aliphatic heterocycles. The van der Waals surface area contributed by atoms with E-state index in [2.05, 4.69) is 6.07 Å². The molecule has 0 aliphatic carbocycles. The van der Waals surface area contributed by atoms with Crippen molar-refractivity contribution in [3.8, 4) is 6.07 Å². The fourth-order valence-corrected chi connectivity index (χ4v) is 2.86. The normalized spacial score (nSPS) is 10.0. The van der Waals surface area contributed by atoms with Gasteiger partial charge in [0.05, 0.1) is 18.2 Å². The molecule has 7 nitrogen and oxygen atoms in total. The Kier molecular flexibility index (Phi) is 7.82. The summed E-state index contributed by atoms with van der Waals surface area (Å²) in [6.45, 7) is 0.209.